The Balaban J connectivity index is 2.21. The average Bonchev–Trinajstić information content (AvgIpc) is 2.65. The Labute approximate surface area is 111 Å². The fraction of sp³-hybridized carbons (Fsp3) is 0.583. The highest BCUT2D eigenvalue weighted by Crippen LogP contribution is 2.28. The van der Waals surface area contributed by atoms with Crippen molar-refractivity contribution >= 4 is 22.8 Å². The van der Waals surface area contributed by atoms with E-state index < -0.39 is 0 Å². The largest absolute Gasteiger partial charge is 0.368 e. The van der Waals surface area contributed by atoms with Crippen molar-refractivity contribution in [3.63, 3.8) is 0 Å². The summed E-state index contributed by atoms with van der Waals surface area (Å²) in [6.45, 7) is 6.99. The molecule has 0 radical (unpaired) electrons. The second kappa shape index (κ2) is 4.34. The fourth-order valence-electron chi connectivity index (χ4n) is 2.70. The second-order valence-corrected chi connectivity index (χ2v) is 5.06. The number of rotatable bonds is 1. The molecule has 2 aromatic rings. The Morgan fingerprint density at radius 1 is 1.37 bits per heavy atom. The highest BCUT2D eigenvalue weighted by molar-refractivity contribution is 5.90. The molecule has 1 aliphatic rings. The molecule has 3 N–H and O–H groups in total. The molecule has 1 saturated heterocycles. The van der Waals surface area contributed by atoms with E-state index in [1.807, 2.05) is 14.0 Å². The van der Waals surface area contributed by atoms with Crippen LogP contribution in [0.1, 0.15) is 12.6 Å². The summed E-state index contributed by atoms with van der Waals surface area (Å²) in [6.07, 6.45) is 0. The maximum atomic E-state index is 5.85. The minimum absolute atomic E-state index is 0.302. The zero-order chi connectivity index (χ0) is 13.6. The second-order valence-electron chi connectivity index (χ2n) is 5.06. The number of hydrogen-bond donors (Lipinski definition) is 2. The van der Waals surface area contributed by atoms with Gasteiger partial charge in [-0.05, 0) is 13.8 Å². The van der Waals surface area contributed by atoms with Gasteiger partial charge in [0.15, 0.2) is 5.65 Å². The van der Waals surface area contributed by atoms with Gasteiger partial charge in [0.2, 0.25) is 5.95 Å². The maximum absolute atomic E-state index is 5.85. The third kappa shape index (κ3) is 1.90. The lowest BCUT2D eigenvalue weighted by Gasteiger charge is -2.35. The van der Waals surface area contributed by atoms with E-state index >= 15 is 0 Å². The molecule has 3 heterocycles. The van der Waals surface area contributed by atoms with Gasteiger partial charge in [-0.2, -0.15) is 15.1 Å². The lowest BCUT2D eigenvalue weighted by molar-refractivity contribution is 0.498. The van der Waals surface area contributed by atoms with E-state index in [4.69, 9.17) is 5.73 Å². The van der Waals surface area contributed by atoms with Crippen LogP contribution in [0.15, 0.2) is 0 Å². The number of piperazine rings is 1. The highest BCUT2D eigenvalue weighted by Gasteiger charge is 2.24. The van der Waals surface area contributed by atoms with Gasteiger partial charge in [0.05, 0.1) is 11.1 Å². The SMILES string of the molecule is Cc1nn(C)c2nc(N)nc(N3CCNCC3C)c12. The summed E-state index contributed by atoms with van der Waals surface area (Å²) < 4.78 is 1.76. The van der Waals surface area contributed by atoms with Crippen LogP contribution in [0.25, 0.3) is 11.0 Å². The lowest BCUT2D eigenvalue weighted by Crippen LogP contribution is -2.50. The van der Waals surface area contributed by atoms with Crippen molar-refractivity contribution in [3.05, 3.63) is 5.69 Å². The smallest absolute Gasteiger partial charge is 0.224 e. The number of fused-ring (bicyclic) bond motifs is 1. The standard InChI is InChI=1S/C12H19N7/c1-7-6-14-4-5-19(7)11-9-8(2)17-18(3)10(9)15-12(13)16-11/h7,14H,4-6H2,1-3H3,(H2,13,15,16). The first-order chi connectivity index (χ1) is 9.08. The third-order valence-electron chi connectivity index (χ3n) is 3.63. The first-order valence-electron chi connectivity index (χ1n) is 6.52. The van der Waals surface area contributed by atoms with Gasteiger partial charge in [0.25, 0.3) is 0 Å². The van der Waals surface area contributed by atoms with Crippen molar-refractivity contribution in [1.29, 1.82) is 0 Å². The molecular weight excluding hydrogens is 242 g/mol. The van der Waals surface area contributed by atoms with Crippen molar-refractivity contribution in [2.75, 3.05) is 30.3 Å². The van der Waals surface area contributed by atoms with Gasteiger partial charge in [-0.1, -0.05) is 0 Å². The molecular formula is C12H19N7. The first kappa shape index (κ1) is 12.2. The minimum atomic E-state index is 0.302. The molecule has 0 aromatic carbocycles. The molecule has 1 unspecified atom stereocenters. The Hall–Kier alpha value is -1.89. The zero-order valence-electron chi connectivity index (χ0n) is 11.5. The minimum Gasteiger partial charge on any atom is -0.368 e. The van der Waals surface area contributed by atoms with Gasteiger partial charge in [0.1, 0.15) is 5.82 Å². The Morgan fingerprint density at radius 3 is 2.89 bits per heavy atom. The molecule has 7 heteroatoms. The molecule has 0 saturated carbocycles. The molecule has 0 aliphatic carbocycles. The number of nitrogens with one attached hydrogen (secondary N) is 1. The molecule has 102 valence electrons. The summed E-state index contributed by atoms with van der Waals surface area (Å²) in [5.41, 5.74) is 7.59. The molecule has 0 bridgehead atoms. The van der Waals surface area contributed by atoms with Gasteiger partial charge < -0.3 is 16.0 Å². The van der Waals surface area contributed by atoms with Gasteiger partial charge in [-0.25, -0.2) is 4.68 Å². The van der Waals surface area contributed by atoms with E-state index in [2.05, 4.69) is 32.2 Å². The summed E-state index contributed by atoms with van der Waals surface area (Å²) >= 11 is 0. The summed E-state index contributed by atoms with van der Waals surface area (Å²) in [4.78, 5) is 11.0. The summed E-state index contributed by atoms with van der Waals surface area (Å²) in [6, 6.07) is 0.380. The summed E-state index contributed by atoms with van der Waals surface area (Å²) in [5, 5.41) is 8.81. The van der Waals surface area contributed by atoms with Crippen LogP contribution >= 0.6 is 0 Å². The van der Waals surface area contributed by atoms with Crippen LogP contribution in [0.3, 0.4) is 0 Å². The molecule has 1 aliphatic heterocycles. The third-order valence-corrected chi connectivity index (χ3v) is 3.63. The molecule has 2 aromatic heterocycles. The van der Waals surface area contributed by atoms with E-state index in [0.717, 1.165) is 42.2 Å². The zero-order valence-corrected chi connectivity index (χ0v) is 11.5. The highest BCUT2D eigenvalue weighted by atomic mass is 15.3. The van der Waals surface area contributed by atoms with Gasteiger partial charge in [-0.3, -0.25) is 0 Å². The van der Waals surface area contributed by atoms with Crippen LogP contribution in [-0.2, 0) is 7.05 Å². The van der Waals surface area contributed by atoms with Crippen LogP contribution in [0, 0.1) is 6.92 Å². The van der Waals surface area contributed by atoms with Crippen molar-refractivity contribution in [3.8, 4) is 0 Å². The Kier molecular flexibility index (Phi) is 2.78. The molecule has 0 spiro atoms. The van der Waals surface area contributed by atoms with Crippen LogP contribution in [-0.4, -0.2) is 45.4 Å². The van der Waals surface area contributed by atoms with Crippen LogP contribution in [0.4, 0.5) is 11.8 Å². The number of nitrogen functional groups attached to an aromatic ring is 1. The first-order valence-corrected chi connectivity index (χ1v) is 6.52. The normalized spacial score (nSPS) is 20.2. The number of hydrogen-bond acceptors (Lipinski definition) is 6. The molecule has 0 amide bonds. The number of nitrogens with zero attached hydrogens (tertiary/aromatic N) is 5. The Bertz CT molecular complexity index is 618. The lowest BCUT2D eigenvalue weighted by atomic mass is 10.2. The van der Waals surface area contributed by atoms with Gasteiger partial charge in [0, 0.05) is 32.7 Å². The van der Waals surface area contributed by atoms with E-state index in [1.165, 1.54) is 0 Å². The summed E-state index contributed by atoms with van der Waals surface area (Å²) in [5.74, 6) is 1.21. The quantitative estimate of drug-likeness (QED) is 0.754. The van der Waals surface area contributed by atoms with E-state index in [0.29, 0.717) is 12.0 Å². The number of nitrogens with two attached hydrogens (primary N) is 1. The predicted molar refractivity (Wildman–Crippen MR) is 75.1 cm³/mol. The van der Waals surface area contributed by atoms with Gasteiger partial charge >= 0.3 is 0 Å². The molecule has 1 fully saturated rings. The van der Waals surface area contributed by atoms with E-state index in [1.54, 1.807) is 4.68 Å². The fourth-order valence-corrected chi connectivity index (χ4v) is 2.70. The summed E-state index contributed by atoms with van der Waals surface area (Å²) in [7, 11) is 1.88. The van der Waals surface area contributed by atoms with Crippen LogP contribution in [0.5, 0.6) is 0 Å². The maximum Gasteiger partial charge on any atom is 0.224 e. The van der Waals surface area contributed by atoms with Crippen molar-refractivity contribution in [2.24, 2.45) is 7.05 Å². The molecule has 7 nitrogen and oxygen atoms in total. The Morgan fingerprint density at radius 2 is 2.16 bits per heavy atom. The number of aromatic nitrogens is 4. The van der Waals surface area contributed by atoms with Crippen molar-refractivity contribution in [2.45, 2.75) is 19.9 Å². The van der Waals surface area contributed by atoms with Gasteiger partial charge in [-0.15, -0.1) is 0 Å². The van der Waals surface area contributed by atoms with Crippen LogP contribution < -0.4 is 16.0 Å². The average molecular weight is 261 g/mol. The number of aryl methyl sites for hydroxylation is 2. The topological polar surface area (TPSA) is 84.9 Å². The molecule has 1 atom stereocenters. The van der Waals surface area contributed by atoms with Crippen molar-refractivity contribution < 1.29 is 0 Å². The molecule has 19 heavy (non-hydrogen) atoms. The monoisotopic (exact) mass is 261 g/mol. The molecule has 3 rings (SSSR count). The number of anilines is 2. The van der Waals surface area contributed by atoms with Crippen molar-refractivity contribution in [1.82, 2.24) is 25.1 Å². The predicted octanol–water partition coefficient (Wildman–Crippen LogP) is 0.0520. The van der Waals surface area contributed by atoms with E-state index in [9.17, 15) is 0 Å². The van der Waals surface area contributed by atoms with E-state index in [-0.39, 0.29) is 0 Å². The van der Waals surface area contributed by atoms with Crippen LogP contribution in [0.2, 0.25) is 0 Å².